The third kappa shape index (κ3) is 2.56. The van der Waals surface area contributed by atoms with Crippen LogP contribution in [0.3, 0.4) is 0 Å². The number of nitrogens with one attached hydrogen (secondary N) is 1. The molecule has 1 aromatic heterocycles. The quantitative estimate of drug-likeness (QED) is 0.921. The molecule has 1 aromatic carbocycles. The van der Waals surface area contributed by atoms with Crippen LogP contribution in [0.1, 0.15) is 27.3 Å². The van der Waals surface area contributed by atoms with Gasteiger partial charge in [0.15, 0.2) is 0 Å². The van der Waals surface area contributed by atoms with Crippen molar-refractivity contribution >= 4 is 27.5 Å². The van der Waals surface area contributed by atoms with Crippen molar-refractivity contribution < 1.29 is 4.79 Å². The van der Waals surface area contributed by atoms with Crippen LogP contribution in [-0.4, -0.2) is 15.7 Å². The van der Waals surface area contributed by atoms with Crippen LogP contribution in [0.2, 0.25) is 0 Å². The van der Waals surface area contributed by atoms with E-state index in [9.17, 15) is 4.79 Å². The highest BCUT2D eigenvalue weighted by atomic mass is 79.9. The van der Waals surface area contributed by atoms with Crippen molar-refractivity contribution in [2.75, 3.05) is 5.32 Å². The second-order valence-electron chi connectivity index (χ2n) is 4.54. The summed E-state index contributed by atoms with van der Waals surface area (Å²) in [5.41, 5.74) is 4.14. The Balaban J connectivity index is 2.34. The van der Waals surface area contributed by atoms with E-state index in [4.69, 9.17) is 0 Å². The van der Waals surface area contributed by atoms with Crippen LogP contribution >= 0.6 is 15.9 Å². The maximum atomic E-state index is 12.3. The van der Waals surface area contributed by atoms with E-state index in [0.29, 0.717) is 5.56 Å². The Labute approximate surface area is 120 Å². The Bertz CT molecular complexity index is 646. The molecule has 19 heavy (non-hydrogen) atoms. The van der Waals surface area contributed by atoms with Crippen molar-refractivity contribution in [2.24, 2.45) is 7.05 Å². The average molecular weight is 322 g/mol. The summed E-state index contributed by atoms with van der Waals surface area (Å²) >= 11 is 3.44. The maximum Gasteiger partial charge on any atom is 0.256 e. The zero-order valence-electron chi connectivity index (χ0n) is 11.4. The normalized spacial score (nSPS) is 10.6. The predicted octanol–water partition coefficient (Wildman–Crippen LogP) is 3.36. The van der Waals surface area contributed by atoms with Gasteiger partial charge in [0.1, 0.15) is 0 Å². The minimum atomic E-state index is -0.113. The summed E-state index contributed by atoms with van der Waals surface area (Å²) in [5.74, 6) is -0.113. The highest BCUT2D eigenvalue weighted by molar-refractivity contribution is 9.10. The summed E-state index contributed by atoms with van der Waals surface area (Å²) in [6.07, 6.45) is 0. The molecule has 0 saturated heterocycles. The van der Waals surface area contributed by atoms with Crippen LogP contribution in [0.25, 0.3) is 0 Å². The van der Waals surface area contributed by atoms with Gasteiger partial charge in [-0.1, -0.05) is 22.0 Å². The van der Waals surface area contributed by atoms with Gasteiger partial charge in [-0.2, -0.15) is 5.10 Å². The molecule has 0 bridgehead atoms. The number of aromatic nitrogens is 2. The Morgan fingerprint density at radius 1 is 1.32 bits per heavy atom. The van der Waals surface area contributed by atoms with Gasteiger partial charge in [0.2, 0.25) is 0 Å². The monoisotopic (exact) mass is 321 g/mol. The van der Waals surface area contributed by atoms with E-state index in [1.807, 2.05) is 46.0 Å². The molecule has 1 N–H and O–H groups in total. The molecule has 0 aliphatic heterocycles. The summed E-state index contributed by atoms with van der Waals surface area (Å²) in [4.78, 5) is 12.3. The summed E-state index contributed by atoms with van der Waals surface area (Å²) in [7, 11) is 1.86. The number of halogens is 1. The smallest absolute Gasteiger partial charge is 0.256 e. The lowest BCUT2D eigenvalue weighted by Crippen LogP contribution is -2.14. The number of rotatable bonds is 2. The lowest BCUT2D eigenvalue weighted by Gasteiger charge is -2.09. The fraction of sp³-hybridized carbons (Fsp3) is 0.286. The number of carbonyl (C=O) groups excluding carboxylic acids is 1. The Hall–Kier alpha value is -1.62. The van der Waals surface area contributed by atoms with E-state index in [0.717, 1.165) is 27.1 Å². The first-order chi connectivity index (χ1) is 8.91. The van der Waals surface area contributed by atoms with Gasteiger partial charge in [-0.05, 0) is 38.5 Å². The molecule has 1 heterocycles. The van der Waals surface area contributed by atoms with Gasteiger partial charge < -0.3 is 5.32 Å². The molecule has 0 unspecified atom stereocenters. The first-order valence-corrected chi connectivity index (χ1v) is 6.77. The van der Waals surface area contributed by atoms with E-state index in [1.54, 1.807) is 4.68 Å². The Kier molecular flexibility index (Phi) is 3.75. The van der Waals surface area contributed by atoms with Crippen molar-refractivity contribution in [2.45, 2.75) is 20.8 Å². The fourth-order valence-electron chi connectivity index (χ4n) is 1.99. The third-order valence-corrected chi connectivity index (χ3v) is 4.12. The number of anilines is 1. The van der Waals surface area contributed by atoms with E-state index in [1.165, 1.54) is 0 Å². The first kappa shape index (κ1) is 13.8. The number of aryl methyl sites for hydroxylation is 2. The summed E-state index contributed by atoms with van der Waals surface area (Å²) in [6, 6.07) is 5.60. The predicted molar refractivity (Wildman–Crippen MR) is 79.5 cm³/mol. The SMILES string of the molecule is Cc1nn(C)c(C)c1NC(=O)c1cccc(Br)c1C. The highest BCUT2D eigenvalue weighted by Crippen LogP contribution is 2.23. The van der Waals surface area contributed by atoms with Crippen LogP contribution in [0.15, 0.2) is 22.7 Å². The van der Waals surface area contributed by atoms with E-state index in [-0.39, 0.29) is 5.91 Å². The molecular formula is C14H16BrN3O. The Morgan fingerprint density at radius 3 is 2.58 bits per heavy atom. The number of nitrogens with zero attached hydrogens (tertiary/aromatic N) is 2. The van der Waals surface area contributed by atoms with Gasteiger partial charge in [0.05, 0.1) is 17.1 Å². The van der Waals surface area contributed by atoms with Crippen LogP contribution in [-0.2, 0) is 7.05 Å². The number of hydrogen-bond acceptors (Lipinski definition) is 2. The molecule has 0 saturated carbocycles. The van der Waals surface area contributed by atoms with E-state index >= 15 is 0 Å². The van der Waals surface area contributed by atoms with E-state index < -0.39 is 0 Å². The fourth-order valence-corrected chi connectivity index (χ4v) is 2.36. The van der Waals surface area contributed by atoms with Gasteiger partial charge in [-0.25, -0.2) is 0 Å². The lowest BCUT2D eigenvalue weighted by atomic mass is 10.1. The van der Waals surface area contributed by atoms with E-state index in [2.05, 4.69) is 26.3 Å². The average Bonchev–Trinajstić information content (AvgIpc) is 2.59. The summed E-state index contributed by atoms with van der Waals surface area (Å²) in [6.45, 7) is 5.74. The second-order valence-corrected chi connectivity index (χ2v) is 5.39. The van der Waals surface area contributed by atoms with Gasteiger partial charge in [0, 0.05) is 17.1 Å². The van der Waals surface area contributed by atoms with Crippen molar-refractivity contribution in [3.63, 3.8) is 0 Å². The van der Waals surface area contributed by atoms with Crippen LogP contribution in [0.5, 0.6) is 0 Å². The van der Waals surface area contributed by atoms with Crippen molar-refractivity contribution in [1.82, 2.24) is 9.78 Å². The van der Waals surface area contributed by atoms with Crippen LogP contribution in [0, 0.1) is 20.8 Å². The molecule has 100 valence electrons. The molecule has 1 amide bonds. The molecule has 0 atom stereocenters. The van der Waals surface area contributed by atoms with Crippen molar-refractivity contribution in [3.8, 4) is 0 Å². The van der Waals surface area contributed by atoms with Crippen LogP contribution in [0.4, 0.5) is 5.69 Å². The largest absolute Gasteiger partial charge is 0.319 e. The molecule has 0 aliphatic rings. The third-order valence-electron chi connectivity index (χ3n) is 3.26. The maximum absolute atomic E-state index is 12.3. The summed E-state index contributed by atoms with van der Waals surface area (Å²) in [5, 5.41) is 7.23. The Morgan fingerprint density at radius 2 is 2.00 bits per heavy atom. The number of amides is 1. The van der Waals surface area contributed by atoms with Crippen molar-refractivity contribution in [1.29, 1.82) is 0 Å². The molecule has 4 nitrogen and oxygen atoms in total. The minimum absolute atomic E-state index is 0.113. The van der Waals surface area contributed by atoms with Gasteiger partial charge >= 0.3 is 0 Å². The molecule has 0 aliphatic carbocycles. The second kappa shape index (κ2) is 5.17. The standard InChI is InChI=1S/C14H16BrN3O/c1-8-11(6-5-7-12(8)15)14(19)16-13-9(2)17-18(4)10(13)3/h5-7H,1-4H3,(H,16,19). The summed E-state index contributed by atoms with van der Waals surface area (Å²) < 4.78 is 2.69. The van der Waals surface area contributed by atoms with Gasteiger partial charge in [-0.15, -0.1) is 0 Å². The number of hydrogen-bond donors (Lipinski definition) is 1. The minimum Gasteiger partial charge on any atom is -0.319 e. The molecule has 2 aromatic rings. The molecular weight excluding hydrogens is 306 g/mol. The van der Waals surface area contributed by atoms with Crippen LogP contribution < -0.4 is 5.32 Å². The lowest BCUT2D eigenvalue weighted by molar-refractivity contribution is 0.102. The zero-order chi connectivity index (χ0) is 14.2. The highest BCUT2D eigenvalue weighted by Gasteiger charge is 2.15. The van der Waals surface area contributed by atoms with Crippen molar-refractivity contribution in [3.05, 3.63) is 45.2 Å². The van der Waals surface area contributed by atoms with Gasteiger partial charge in [-0.3, -0.25) is 9.48 Å². The topological polar surface area (TPSA) is 46.9 Å². The molecule has 0 fully saturated rings. The molecule has 0 spiro atoms. The molecule has 2 rings (SSSR count). The molecule has 5 heteroatoms. The van der Waals surface area contributed by atoms with Gasteiger partial charge in [0.25, 0.3) is 5.91 Å². The number of carbonyl (C=O) groups is 1. The molecule has 0 radical (unpaired) electrons. The zero-order valence-corrected chi connectivity index (χ0v) is 13.0. The number of benzene rings is 1. The first-order valence-electron chi connectivity index (χ1n) is 5.98.